The summed E-state index contributed by atoms with van der Waals surface area (Å²) in [6.07, 6.45) is 5.83. The molecule has 0 aromatic rings. The average molecular weight is 364 g/mol. The maximum atomic E-state index is 13.3. The molecule has 0 radical (unpaired) electrons. The first-order valence-electron chi connectivity index (χ1n) is 9.80. The van der Waals surface area contributed by atoms with Crippen LogP contribution in [0.15, 0.2) is 11.6 Å². The minimum atomic E-state index is -1.60. The second-order valence-corrected chi connectivity index (χ2v) is 9.38. The molecule has 4 aliphatic rings. The Morgan fingerprint density at radius 2 is 1.92 bits per heavy atom. The van der Waals surface area contributed by atoms with E-state index in [9.17, 15) is 24.6 Å². The van der Waals surface area contributed by atoms with Crippen molar-refractivity contribution in [2.75, 3.05) is 6.61 Å². The molecule has 3 fully saturated rings. The fraction of sp³-hybridized carbons (Fsp3) is 0.762. The van der Waals surface area contributed by atoms with Crippen molar-refractivity contribution >= 4 is 17.3 Å². The number of carbonyl (C=O) groups is 3. The van der Waals surface area contributed by atoms with Crippen LogP contribution in [0.3, 0.4) is 0 Å². The Hall–Kier alpha value is -1.33. The third-order valence-electron chi connectivity index (χ3n) is 8.41. The van der Waals surface area contributed by atoms with Gasteiger partial charge >= 0.3 is 0 Å². The first-order chi connectivity index (χ1) is 12.2. The largest absolute Gasteiger partial charge is 0.388 e. The van der Waals surface area contributed by atoms with Crippen molar-refractivity contribution in [3.63, 3.8) is 0 Å². The van der Waals surface area contributed by atoms with E-state index in [1.165, 1.54) is 0 Å². The highest BCUT2D eigenvalue weighted by Gasteiger charge is 2.68. The number of aliphatic hydroxyl groups excluding tert-OH is 1. The molecule has 3 saturated carbocycles. The molecule has 6 atom stereocenters. The van der Waals surface area contributed by atoms with Crippen LogP contribution in [-0.2, 0) is 14.4 Å². The van der Waals surface area contributed by atoms with Gasteiger partial charge in [-0.05, 0) is 55.4 Å². The van der Waals surface area contributed by atoms with E-state index < -0.39 is 23.4 Å². The molecule has 0 aliphatic heterocycles. The Morgan fingerprint density at radius 1 is 1.19 bits per heavy atom. The highest BCUT2D eigenvalue weighted by atomic mass is 16.3. The van der Waals surface area contributed by atoms with Crippen LogP contribution in [0.5, 0.6) is 0 Å². The zero-order valence-electron chi connectivity index (χ0n) is 15.6. The molecule has 0 aromatic heterocycles. The third-order valence-corrected chi connectivity index (χ3v) is 8.41. The van der Waals surface area contributed by atoms with E-state index >= 15 is 0 Å². The molecular formula is C21H28O5. The van der Waals surface area contributed by atoms with Crippen LogP contribution < -0.4 is 0 Å². The van der Waals surface area contributed by atoms with E-state index in [0.717, 1.165) is 18.4 Å². The molecule has 4 rings (SSSR count). The van der Waals surface area contributed by atoms with Crippen LogP contribution in [0.2, 0.25) is 0 Å². The van der Waals surface area contributed by atoms with Crippen LogP contribution in [0.1, 0.15) is 58.8 Å². The summed E-state index contributed by atoms with van der Waals surface area (Å²) in [5, 5.41) is 20.5. The Labute approximate surface area is 153 Å². The van der Waals surface area contributed by atoms with Gasteiger partial charge in [0, 0.05) is 24.2 Å². The fourth-order valence-electron chi connectivity index (χ4n) is 6.98. The van der Waals surface area contributed by atoms with E-state index in [1.807, 2.05) is 6.92 Å². The van der Waals surface area contributed by atoms with Crippen molar-refractivity contribution in [3.05, 3.63) is 11.6 Å². The number of Topliss-reactive ketones (excluding diaryl/α,β-unsaturated/α-hetero) is 2. The molecule has 5 nitrogen and oxygen atoms in total. The summed E-state index contributed by atoms with van der Waals surface area (Å²) in [5.74, 6) is -0.172. The van der Waals surface area contributed by atoms with E-state index in [2.05, 4.69) is 6.92 Å². The van der Waals surface area contributed by atoms with Gasteiger partial charge in [-0.15, -0.1) is 0 Å². The molecule has 0 unspecified atom stereocenters. The molecule has 0 saturated heterocycles. The zero-order chi connectivity index (χ0) is 18.9. The molecule has 0 bridgehead atoms. The van der Waals surface area contributed by atoms with Crippen molar-refractivity contribution in [3.8, 4) is 0 Å². The lowest BCUT2D eigenvalue weighted by atomic mass is 9.49. The van der Waals surface area contributed by atoms with E-state index in [-0.39, 0.29) is 41.2 Å². The Morgan fingerprint density at radius 3 is 2.62 bits per heavy atom. The van der Waals surface area contributed by atoms with E-state index in [4.69, 9.17) is 0 Å². The predicted octanol–water partition coefficient (Wildman–Crippen LogP) is 1.99. The highest BCUT2D eigenvalue weighted by molar-refractivity contribution is 5.94. The average Bonchev–Trinajstić information content (AvgIpc) is 2.86. The highest BCUT2D eigenvalue weighted by Crippen LogP contribution is 2.66. The Bertz CT molecular complexity index is 724. The number of hydrogen-bond donors (Lipinski definition) is 2. The minimum absolute atomic E-state index is 0.0988. The van der Waals surface area contributed by atoms with Crippen molar-refractivity contribution in [1.82, 2.24) is 0 Å². The number of hydrogen-bond acceptors (Lipinski definition) is 5. The summed E-state index contributed by atoms with van der Waals surface area (Å²) in [7, 11) is 0. The van der Waals surface area contributed by atoms with Crippen LogP contribution in [-0.4, -0.2) is 39.8 Å². The molecule has 0 aromatic carbocycles. The zero-order valence-corrected chi connectivity index (χ0v) is 15.6. The van der Waals surface area contributed by atoms with Gasteiger partial charge in [-0.3, -0.25) is 14.4 Å². The lowest BCUT2D eigenvalue weighted by Gasteiger charge is -2.57. The summed E-state index contributed by atoms with van der Waals surface area (Å²) in [4.78, 5) is 37.5. The summed E-state index contributed by atoms with van der Waals surface area (Å²) in [6.45, 7) is 3.31. The van der Waals surface area contributed by atoms with Crippen LogP contribution in [0.4, 0.5) is 0 Å². The molecule has 4 aliphatic carbocycles. The van der Waals surface area contributed by atoms with Gasteiger partial charge in [-0.2, -0.15) is 0 Å². The summed E-state index contributed by atoms with van der Waals surface area (Å²) >= 11 is 0. The van der Waals surface area contributed by atoms with E-state index in [1.54, 1.807) is 6.08 Å². The Kier molecular flexibility index (Phi) is 3.88. The maximum absolute atomic E-state index is 13.3. The minimum Gasteiger partial charge on any atom is -0.388 e. The van der Waals surface area contributed by atoms with Crippen molar-refractivity contribution in [2.24, 2.45) is 28.6 Å². The molecule has 142 valence electrons. The van der Waals surface area contributed by atoms with Gasteiger partial charge in [0.2, 0.25) is 0 Å². The smallest absolute Gasteiger partial charge is 0.190 e. The van der Waals surface area contributed by atoms with Gasteiger partial charge in [-0.25, -0.2) is 0 Å². The van der Waals surface area contributed by atoms with Crippen LogP contribution >= 0.6 is 0 Å². The maximum Gasteiger partial charge on any atom is 0.190 e. The van der Waals surface area contributed by atoms with Gasteiger partial charge in [0.1, 0.15) is 18.0 Å². The number of fused-ring (bicyclic) bond motifs is 5. The van der Waals surface area contributed by atoms with Gasteiger partial charge in [0.15, 0.2) is 11.6 Å². The topological polar surface area (TPSA) is 91.7 Å². The molecule has 2 N–H and O–H groups in total. The molecule has 0 heterocycles. The number of carbonyl (C=O) groups excluding carboxylic acids is 3. The molecular weight excluding hydrogens is 336 g/mol. The second-order valence-electron chi connectivity index (χ2n) is 9.38. The van der Waals surface area contributed by atoms with Crippen LogP contribution in [0.25, 0.3) is 0 Å². The number of aliphatic hydroxyl groups is 2. The summed E-state index contributed by atoms with van der Waals surface area (Å²) < 4.78 is 0. The first kappa shape index (κ1) is 18.1. The SMILES string of the molecule is C[C@]12CC(=O)[C@H]3[C@@H](CCC4=[13CH]C(=O)[13CH2][13CH2][C@@]43[13CH3])[C@@H]1CC[C@]2(O)C(=O)CO. The van der Waals surface area contributed by atoms with Crippen molar-refractivity contribution in [1.29, 1.82) is 0 Å². The number of rotatable bonds is 2. The quantitative estimate of drug-likeness (QED) is 0.731. The first-order valence-corrected chi connectivity index (χ1v) is 9.80. The summed E-state index contributed by atoms with van der Waals surface area (Å²) in [5.41, 5.74) is -1.55. The normalized spacial score (nSPS) is 47.7. The monoisotopic (exact) mass is 364 g/mol. The third kappa shape index (κ3) is 2.07. The number of ketones is 3. The van der Waals surface area contributed by atoms with E-state index in [0.29, 0.717) is 25.7 Å². The molecule has 0 spiro atoms. The molecule has 26 heavy (non-hydrogen) atoms. The van der Waals surface area contributed by atoms with Gasteiger partial charge in [0.05, 0.1) is 0 Å². The molecule has 5 heteroatoms. The van der Waals surface area contributed by atoms with Gasteiger partial charge in [0.25, 0.3) is 0 Å². The standard InChI is InChI=1S/C21H28O5/c1-19-7-5-13(23)9-12(19)3-4-14-15-6-8-21(26,17(25)11-22)20(15,2)10-16(24)18(14)19/h9,14-15,18,22,26H,3-8,10-11H2,1-2H3/t14-,15-,18+,19-,20-,21-/m0/s1/i1+1,5+1,7+1,9+1. The van der Waals surface area contributed by atoms with Gasteiger partial charge < -0.3 is 10.2 Å². The molecule has 0 amide bonds. The Balaban J connectivity index is 1.75. The lowest BCUT2D eigenvalue weighted by Crippen LogP contribution is -2.60. The second kappa shape index (κ2) is 5.59. The van der Waals surface area contributed by atoms with Crippen molar-refractivity contribution < 1.29 is 24.6 Å². The predicted molar refractivity (Wildman–Crippen MR) is 94.1 cm³/mol. The summed E-state index contributed by atoms with van der Waals surface area (Å²) in [6, 6.07) is 0. The van der Waals surface area contributed by atoms with Crippen LogP contribution in [0, 0.1) is 28.6 Å². The van der Waals surface area contributed by atoms with Crippen molar-refractivity contribution in [2.45, 2.75) is 64.4 Å². The number of allylic oxidation sites excluding steroid dienone is 1. The lowest BCUT2D eigenvalue weighted by molar-refractivity contribution is -0.170. The fourth-order valence-corrected chi connectivity index (χ4v) is 6.98. The van der Waals surface area contributed by atoms with Gasteiger partial charge in [-0.1, -0.05) is 19.4 Å².